The van der Waals surface area contributed by atoms with Crippen LogP contribution in [0.2, 0.25) is 0 Å². The van der Waals surface area contributed by atoms with Gasteiger partial charge in [0.1, 0.15) is 5.82 Å². The van der Waals surface area contributed by atoms with E-state index in [0.29, 0.717) is 17.1 Å². The van der Waals surface area contributed by atoms with E-state index in [0.717, 1.165) is 5.69 Å². The number of nitrogens with zero attached hydrogens (tertiary/aromatic N) is 3. The largest absolute Gasteiger partial charge is 0.311 e. The van der Waals surface area contributed by atoms with Crippen LogP contribution in [0.15, 0.2) is 36.5 Å². The van der Waals surface area contributed by atoms with Crippen LogP contribution < -0.4 is 4.90 Å². The molecule has 0 unspecified atom stereocenters. The lowest BCUT2D eigenvalue weighted by Gasteiger charge is -2.17. The zero-order valence-corrected chi connectivity index (χ0v) is 10.7. The Hall–Kier alpha value is -2.23. The molecule has 2 rings (SSSR count). The summed E-state index contributed by atoms with van der Waals surface area (Å²) in [5, 5.41) is 0. The number of aryl methyl sites for hydroxylation is 2. The molecule has 1 aromatic heterocycles. The van der Waals surface area contributed by atoms with Crippen LogP contribution in [-0.4, -0.2) is 22.9 Å². The van der Waals surface area contributed by atoms with Crippen molar-refractivity contribution in [3.8, 4) is 0 Å². The van der Waals surface area contributed by atoms with E-state index in [-0.39, 0.29) is 5.91 Å². The van der Waals surface area contributed by atoms with E-state index >= 15 is 0 Å². The Labute approximate surface area is 106 Å². The molecule has 4 nitrogen and oxygen atoms in total. The lowest BCUT2D eigenvalue weighted by Crippen LogP contribution is -2.27. The topological polar surface area (TPSA) is 46.1 Å². The quantitative estimate of drug-likeness (QED) is 0.811. The van der Waals surface area contributed by atoms with Crippen LogP contribution in [-0.2, 0) is 0 Å². The first-order valence-electron chi connectivity index (χ1n) is 5.73. The molecule has 0 N–H and O–H groups in total. The predicted octanol–water partition coefficient (Wildman–Crippen LogP) is 2.37. The average molecular weight is 241 g/mol. The number of hydrogen-bond donors (Lipinski definition) is 0. The van der Waals surface area contributed by atoms with Gasteiger partial charge in [-0.2, -0.15) is 0 Å². The van der Waals surface area contributed by atoms with Crippen LogP contribution in [0.3, 0.4) is 0 Å². The molecule has 1 aromatic carbocycles. The minimum Gasteiger partial charge on any atom is -0.311 e. The van der Waals surface area contributed by atoms with Crippen LogP contribution in [0.1, 0.15) is 21.9 Å². The van der Waals surface area contributed by atoms with E-state index in [1.165, 1.54) is 0 Å². The Bertz CT molecular complexity index is 567. The summed E-state index contributed by atoms with van der Waals surface area (Å²) >= 11 is 0. The first kappa shape index (κ1) is 12.2. The van der Waals surface area contributed by atoms with Crippen LogP contribution in [0.4, 0.5) is 5.69 Å². The molecule has 0 bridgehead atoms. The highest BCUT2D eigenvalue weighted by Gasteiger charge is 2.16. The van der Waals surface area contributed by atoms with Gasteiger partial charge >= 0.3 is 0 Å². The summed E-state index contributed by atoms with van der Waals surface area (Å²) in [6.45, 7) is 3.63. The molecule has 0 aliphatic heterocycles. The first-order chi connectivity index (χ1) is 8.59. The fraction of sp³-hybridized carbons (Fsp3) is 0.214. The van der Waals surface area contributed by atoms with E-state index in [1.807, 2.05) is 44.2 Å². The zero-order valence-electron chi connectivity index (χ0n) is 10.7. The molecule has 0 atom stereocenters. The second kappa shape index (κ2) is 4.96. The van der Waals surface area contributed by atoms with Crippen molar-refractivity contribution in [3.63, 3.8) is 0 Å². The molecule has 0 aliphatic rings. The summed E-state index contributed by atoms with van der Waals surface area (Å²) in [4.78, 5) is 22.2. The predicted molar refractivity (Wildman–Crippen MR) is 70.7 cm³/mol. The zero-order chi connectivity index (χ0) is 13.1. The van der Waals surface area contributed by atoms with Gasteiger partial charge in [0.2, 0.25) is 0 Å². The van der Waals surface area contributed by atoms with Crippen molar-refractivity contribution >= 4 is 11.6 Å². The Morgan fingerprint density at radius 2 is 1.83 bits per heavy atom. The van der Waals surface area contributed by atoms with Gasteiger partial charge in [0.25, 0.3) is 5.91 Å². The maximum absolute atomic E-state index is 12.3. The van der Waals surface area contributed by atoms with Crippen molar-refractivity contribution in [2.45, 2.75) is 13.8 Å². The maximum Gasteiger partial charge on any atom is 0.261 e. The lowest BCUT2D eigenvalue weighted by atomic mass is 10.2. The fourth-order valence-corrected chi connectivity index (χ4v) is 1.74. The number of carbonyl (C=O) groups excluding carboxylic acids is 1. The van der Waals surface area contributed by atoms with Crippen LogP contribution in [0.25, 0.3) is 0 Å². The van der Waals surface area contributed by atoms with Gasteiger partial charge < -0.3 is 4.90 Å². The molecule has 2 aromatic rings. The van der Waals surface area contributed by atoms with Crippen molar-refractivity contribution in [2.75, 3.05) is 11.9 Å². The third kappa shape index (κ3) is 2.37. The molecule has 0 spiro atoms. The molecule has 18 heavy (non-hydrogen) atoms. The number of benzene rings is 1. The van der Waals surface area contributed by atoms with E-state index in [1.54, 1.807) is 18.1 Å². The van der Waals surface area contributed by atoms with E-state index in [2.05, 4.69) is 9.97 Å². The summed E-state index contributed by atoms with van der Waals surface area (Å²) in [5.41, 5.74) is 2.09. The highest BCUT2D eigenvalue weighted by molar-refractivity contribution is 6.06. The Morgan fingerprint density at radius 3 is 2.44 bits per heavy atom. The van der Waals surface area contributed by atoms with Crippen molar-refractivity contribution in [3.05, 3.63) is 53.6 Å². The maximum atomic E-state index is 12.3. The summed E-state index contributed by atoms with van der Waals surface area (Å²) < 4.78 is 0. The van der Waals surface area contributed by atoms with E-state index in [9.17, 15) is 4.79 Å². The van der Waals surface area contributed by atoms with Gasteiger partial charge in [-0.15, -0.1) is 0 Å². The molecular weight excluding hydrogens is 226 g/mol. The second-order valence-electron chi connectivity index (χ2n) is 4.12. The summed E-state index contributed by atoms with van der Waals surface area (Å²) in [5.74, 6) is 0.574. The minimum absolute atomic E-state index is 0.0984. The van der Waals surface area contributed by atoms with Crippen molar-refractivity contribution in [1.29, 1.82) is 0 Å². The van der Waals surface area contributed by atoms with Crippen molar-refractivity contribution in [2.24, 2.45) is 0 Å². The molecule has 0 aliphatic carbocycles. The molecular formula is C14H15N3O. The SMILES string of the molecule is Cc1ncc(C(=O)N(C)c2ccccc2)c(C)n1. The second-order valence-corrected chi connectivity index (χ2v) is 4.12. The van der Waals surface area contributed by atoms with Crippen LogP contribution in [0.5, 0.6) is 0 Å². The van der Waals surface area contributed by atoms with E-state index < -0.39 is 0 Å². The van der Waals surface area contributed by atoms with Gasteiger partial charge in [0.15, 0.2) is 0 Å². The number of amides is 1. The smallest absolute Gasteiger partial charge is 0.261 e. The van der Waals surface area contributed by atoms with Crippen LogP contribution in [0, 0.1) is 13.8 Å². The Balaban J connectivity index is 2.32. The first-order valence-corrected chi connectivity index (χ1v) is 5.73. The highest BCUT2D eigenvalue weighted by atomic mass is 16.2. The monoisotopic (exact) mass is 241 g/mol. The summed E-state index contributed by atoms with van der Waals surface area (Å²) in [6.07, 6.45) is 1.58. The third-order valence-corrected chi connectivity index (χ3v) is 2.78. The third-order valence-electron chi connectivity index (χ3n) is 2.78. The molecule has 4 heteroatoms. The number of hydrogen-bond acceptors (Lipinski definition) is 3. The van der Waals surface area contributed by atoms with Gasteiger partial charge in [-0.25, -0.2) is 9.97 Å². The number of carbonyl (C=O) groups is 1. The number of aromatic nitrogens is 2. The summed E-state index contributed by atoms with van der Waals surface area (Å²) in [7, 11) is 1.75. The number of rotatable bonds is 2. The van der Waals surface area contributed by atoms with Crippen LogP contribution >= 0.6 is 0 Å². The Kier molecular flexibility index (Phi) is 3.37. The van der Waals surface area contributed by atoms with Gasteiger partial charge in [-0.1, -0.05) is 18.2 Å². The minimum atomic E-state index is -0.0984. The summed E-state index contributed by atoms with van der Waals surface area (Å²) in [6, 6.07) is 9.50. The molecule has 92 valence electrons. The number of para-hydroxylation sites is 1. The standard InChI is InChI=1S/C14H15N3O/c1-10-13(9-15-11(2)16-10)14(18)17(3)12-7-5-4-6-8-12/h4-9H,1-3H3. The van der Waals surface area contributed by atoms with Gasteiger partial charge in [-0.05, 0) is 26.0 Å². The highest BCUT2D eigenvalue weighted by Crippen LogP contribution is 2.15. The fourth-order valence-electron chi connectivity index (χ4n) is 1.74. The molecule has 1 heterocycles. The van der Waals surface area contributed by atoms with Crippen molar-refractivity contribution in [1.82, 2.24) is 9.97 Å². The van der Waals surface area contributed by atoms with Gasteiger partial charge in [-0.3, -0.25) is 4.79 Å². The van der Waals surface area contributed by atoms with Crippen molar-refractivity contribution < 1.29 is 4.79 Å². The molecule has 0 fully saturated rings. The molecule has 0 saturated heterocycles. The van der Waals surface area contributed by atoms with Gasteiger partial charge in [0, 0.05) is 18.9 Å². The van der Waals surface area contributed by atoms with Gasteiger partial charge in [0.05, 0.1) is 11.3 Å². The average Bonchev–Trinajstić information content (AvgIpc) is 2.38. The Morgan fingerprint density at radius 1 is 1.17 bits per heavy atom. The normalized spacial score (nSPS) is 10.2. The molecule has 1 amide bonds. The number of anilines is 1. The molecule has 0 radical (unpaired) electrons. The molecule has 0 saturated carbocycles. The van der Waals surface area contributed by atoms with E-state index in [4.69, 9.17) is 0 Å². The lowest BCUT2D eigenvalue weighted by molar-refractivity contribution is 0.0991.